The Hall–Kier alpha value is -1.49. The van der Waals surface area contributed by atoms with E-state index in [1.54, 1.807) is 0 Å². The number of aryl methyl sites for hydroxylation is 2. The number of alkyl halides is 6. The Morgan fingerprint density at radius 2 is 1.36 bits per heavy atom. The van der Waals surface area contributed by atoms with Gasteiger partial charge in [-0.05, 0) is 37.1 Å². The fraction of sp³-hybridized carbons (Fsp3) is 0.455. The number of hydrogen-bond acceptors (Lipinski definition) is 3. The van der Waals surface area contributed by atoms with Crippen molar-refractivity contribution in [1.29, 1.82) is 0 Å². The summed E-state index contributed by atoms with van der Waals surface area (Å²) in [5, 5.41) is -6.44. The molecule has 0 unspecified atom stereocenters. The summed E-state index contributed by atoms with van der Waals surface area (Å²) in [7, 11) is -6.80. The van der Waals surface area contributed by atoms with Crippen LogP contribution in [0.4, 0.5) is 26.3 Å². The lowest BCUT2D eigenvalue weighted by Crippen LogP contribution is -2.59. The van der Waals surface area contributed by atoms with Gasteiger partial charge in [0.05, 0.1) is 0 Å². The first-order valence-electron chi connectivity index (χ1n) is 5.49. The van der Waals surface area contributed by atoms with Crippen molar-refractivity contribution in [3.63, 3.8) is 0 Å². The Balaban J connectivity index is 3.27. The summed E-state index contributed by atoms with van der Waals surface area (Å²) in [4.78, 5) is 0. The van der Waals surface area contributed by atoms with Crippen molar-refractivity contribution in [2.24, 2.45) is 0 Å². The van der Waals surface area contributed by atoms with Gasteiger partial charge in [0, 0.05) is 0 Å². The Labute approximate surface area is 121 Å². The molecule has 0 atom stereocenters. The highest BCUT2D eigenvalue weighted by Crippen LogP contribution is 2.48. The van der Waals surface area contributed by atoms with Crippen LogP contribution in [0.1, 0.15) is 11.1 Å². The van der Waals surface area contributed by atoms with Crippen LogP contribution in [0.15, 0.2) is 18.2 Å². The predicted octanol–water partition coefficient (Wildman–Crippen LogP) is 3.39. The van der Waals surface area contributed by atoms with Gasteiger partial charge in [0.2, 0.25) is 0 Å². The average molecular weight is 352 g/mol. The summed E-state index contributed by atoms with van der Waals surface area (Å²) in [6.07, 6.45) is -5.90. The highest BCUT2D eigenvalue weighted by Gasteiger charge is 2.79. The second-order valence-corrected chi connectivity index (χ2v) is 5.97. The molecular formula is C11H10F6O4S. The third kappa shape index (κ3) is 3.14. The van der Waals surface area contributed by atoms with Crippen molar-refractivity contribution in [2.75, 3.05) is 0 Å². The van der Waals surface area contributed by atoms with Gasteiger partial charge in [-0.2, -0.15) is 34.8 Å². The maximum atomic E-state index is 13.3. The minimum absolute atomic E-state index is 0.315. The molecule has 0 aliphatic heterocycles. The van der Waals surface area contributed by atoms with Gasteiger partial charge in [-0.3, -0.25) is 4.55 Å². The quantitative estimate of drug-likeness (QED) is 0.652. The lowest BCUT2D eigenvalue weighted by molar-refractivity contribution is -0.353. The van der Waals surface area contributed by atoms with Crippen LogP contribution < -0.4 is 4.74 Å². The zero-order valence-electron chi connectivity index (χ0n) is 11.1. The minimum atomic E-state index is -6.80. The van der Waals surface area contributed by atoms with Crippen molar-refractivity contribution in [1.82, 2.24) is 0 Å². The second-order valence-electron chi connectivity index (χ2n) is 4.51. The lowest BCUT2D eigenvalue weighted by atomic mass is 10.1. The summed E-state index contributed by atoms with van der Waals surface area (Å²) in [5.74, 6) is -7.38. The average Bonchev–Trinajstić information content (AvgIpc) is 2.24. The van der Waals surface area contributed by atoms with E-state index in [9.17, 15) is 34.8 Å². The van der Waals surface area contributed by atoms with E-state index < -0.39 is 33.2 Å². The van der Waals surface area contributed by atoms with Gasteiger partial charge in [0.1, 0.15) is 5.75 Å². The summed E-state index contributed by atoms with van der Waals surface area (Å²) in [6.45, 7) is 2.81. The van der Waals surface area contributed by atoms with Gasteiger partial charge in [-0.25, -0.2) is 0 Å². The molecule has 0 heterocycles. The summed E-state index contributed by atoms with van der Waals surface area (Å²) in [5.41, 5.74) is 0.631. The summed E-state index contributed by atoms with van der Waals surface area (Å²) >= 11 is 0. The number of ether oxygens (including phenoxy) is 1. The Morgan fingerprint density at radius 3 is 1.73 bits per heavy atom. The molecule has 0 fully saturated rings. The number of benzene rings is 1. The van der Waals surface area contributed by atoms with Crippen LogP contribution in [0.25, 0.3) is 0 Å². The first-order chi connectivity index (χ1) is 9.62. The van der Waals surface area contributed by atoms with Gasteiger partial charge in [0.15, 0.2) is 0 Å². The Bertz CT molecular complexity index is 651. The minimum Gasteiger partial charge on any atom is -0.428 e. The Morgan fingerprint density at radius 1 is 0.955 bits per heavy atom. The molecule has 11 heteroatoms. The number of hydrogen-bond donors (Lipinski definition) is 1. The normalized spacial score (nSPS) is 14.0. The molecule has 0 aliphatic carbocycles. The molecule has 0 amide bonds. The molecule has 0 spiro atoms. The monoisotopic (exact) mass is 352 g/mol. The maximum Gasteiger partial charge on any atom is 0.472 e. The molecule has 126 valence electrons. The van der Waals surface area contributed by atoms with Crippen LogP contribution in [-0.4, -0.2) is 30.3 Å². The molecule has 4 nitrogen and oxygen atoms in total. The third-order valence-electron chi connectivity index (χ3n) is 2.50. The fourth-order valence-electron chi connectivity index (χ4n) is 1.54. The highest BCUT2D eigenvalue weighted by molar-refractivity contribution is 7.87. The predicted molar refractivity (Wildman–Crippen MR) is 62.9 cm³/mol. The molecule has 1 N–H and O–H groups in total. The van der Waals surface area contributed by atoms with Crippen molar-refractivity contribution in [3.8, 4) is 5.75 Å². The van der Waals surface area contributed by atoms with Crippen LogP contribution in [0.3, 0.4) is 0 Å². The summed E-state index contributed by atoms with van der Waals surface area (Å²) < 4.78 is 111. The Kier molecular flexibility index (Phi) is 4.47. The van der Waals surface area contributed by atoms with E-state index in [0.29, 0.717) is 11.1 Å². The zero-order chi connectivity index (χ0) is 17.6. The van der Waals surface area contributed by atoms with Crippen molar-refractivity contribution < 1.29 is 44.0 Å². The van der Waals surface area contributed by atoms with E-state index in [0.717, 1.165) is 12.1 Å². The van der Waals surface area contributed by atoms with Gasteiger partial charge >= 0.3 is 27.4 Å². The maximum absolute atomic E-state index is 13.3. The number of rotatable bonds is 5. The lowest BCUT2D eigenvalue weighted by Gasteiger charge is -2.30. The molecule has 1 rings (SSSR count). The second kappa shape index (κ2) is 5.30. The summed E-state index contributed by atoms with van der Waals surface area (Å²) in [6, 6.07) is 3.20. The molecule has 1 aromatic rings. The third-order valence-corrected chi connectivity index (χ3v) is 3.40. The molecule has 0 radical (unpaired) electrons. The van der Waals surface area contributed by atoms with Crippen molar-refractivity contribution >= 4 is 10.1 Å². The fourth-order valence-corrected chi connectivity index (χ4v) is 1.98. The van der Waals surface area contributed by atoms with Crippen molar-refractivity contribution in [3.05, 3.63) is 29.3 Å². The van der Waals surface area contributed by atoms with E-state index >= 15 is 0 Å². The van der Waals surface area contributed by atoms with E-state index in [2.05, 4.69) is 4.74 Å². The van der Waals surface area contributed by atoms with Crippen LogP contribution in [0.2, 0.25) is 0 Å². The topological polar surface area (TPSA) is 63.6 Å². The van der Waals surface area contributed by atoms with Gasteiger partial charge in [-0.15, -0.1) is 0 Å². The molecule has 22 heavy (non-hydrogen) atoms. The molecule has 1 aromatic carbocycles. The largest absolute Gasteiger partial charge is 0.472 e. The van der Waals surface area contributed by atoms with Crippen LogP contribution >= 0.6 is 0 Å². The van der Waals surface area contributed by atoms with Gasteiger partial charge in [-0.1, -0.05) is 6.07 Å². The first kappa shape index (κ1) is 18.6. The van der Waals surface area contributed by atoms with E-state index in [-0.39, 0.29) is 0 Å². The molecular weight excluding hydrogens is 342 g/mol. The molecule has 0 saturated carbocycles. The van der Waals surface area contributed by atoms with Crippen LogP contribution in [-0.2, 0) is 10.1 Å². The molecule has 0 aromatic heterocycles. The van der Waals surface area contributed by atoms with E-state index in [1.165, 1.54) is 19.9 Å². The number of halogens is 6. The SMILES string of the molecule is Cc1cc(C)cc(OC(F)(F)C(F)(F)C(F)(F)S(=O)(=O)O)c1. The molecule has 0 bridgehead atoms. The molecule has 0 aliphatic rings. The highest BCUT2D eigenvalue weighted by atomic mass is 32.2. The smallest absolute Gasteiger partial charge is 0.428 e. The van der Waals surface area contributed by atoms with Gasteiger partial charge < -0.3 is 4.74 Å². The first-order valence-corrected chi connectivity index (χ1v) is 6.93. The standard InChI is InChI=1S/C11H10F6O4S/c1-6-3-7(2)5-8(4-6)21-10(14,15)9(12,13)11(16,17)22(18,19)20/h3-5H,1-2H3,(H,18,19,20). The zero-order valence-corrected chi connectivity index (χ0v) is 11.9. The van der Waals surface area contributed by atoms with E-state index in [4.69, 9.17) is 4.55 Å². The van der Waals surface area contributed by atoms with Crippen molar-refractivity contribution in [2.45, 2.75) is 31.1 Å². The van der Waals surface area contributed by atoms with Crippen LogP contribution in [0.5, 0.6) is 5.75 Å². The molecule has 0 saturated heterocycles. The van der Waals surface area contributed by atoms with Crippen LogP contribution in [0, 0.1) is 13.8 Å². The van der Waals surface area contributed by atoms with Gasteiger partial charge in [0.25, 0.3) is 0 Å². The van der Waals surface area contributed by atoms with E-state index in [1.807, 2.05) is 0 Å².